The molecular weight excluding hydrogens is 334 g/mol. The third-order valence-electron chi connectivity index (χ3n) is 4.20. The molecule has 2 heterocycles. The van der Waals surface area contributed by atoms with E-state index in [2.05, 4.69) is 15.4 Å². The van der Waals surface area contributed by atoms with Gasteiger partial charge in [0.25, 0.3) is 0 Å². The van der Waals surface area contributed by atoms with Crippen molar-refractivity contribution in [1.82, 2.24) is 14.6 Å². The Balaban J connectivity index is 1.69. The summed E-state index contributed by atoms with van der Waals surface area (Å²) in [6.45, 7) is 0.464. The molecule has 0 aliphatic carbocycles. The zero-order chi connectivity index (χ0) is 18.1. The molecule has 1 N–H and O–H groups in total. The van der Waals surface area contributed by atoms with E-state index in [1.54, 1.807) is 19.2 Å². The lowest BCUT2D eigenvalue weighted by Crippen LogP contribution is -2.07. The van der Waals surface area contributed by atoms with Crippen LogP contribution in [0.4, 0.5) is 11.6 Å². The lowest BCUT2D eigenvalue weighted by atomic mass is 10.0. The molecule has 0 spiro atoms. The first-order chi connectivity index (χ1) is 12.7. The maximum atomic E-state index is 11.1. The average molecular weight is 349 g/mol. The molecule has 4 aromatic rings. The summed E-state index contributed by atoms with van der Waals surface area (Å²) in [6, 6.07) is 15.4. The number of rotatable bonds is 5. The summed E-state index contributed by atoms with van der Waals surface area (Å²) in [5.41, 5.74) is 1.41. The van der Waals surface area contributed by atoms with Crippen LogP contribution in [0.2, 0.25) is 0 Å². The Kier molecular flexibility index (Phi) is 3.85. The van der Waals surface area contributed by atoms with Gasteiger partial charge in [0.1, 0.15) is 11.9 Å². The summed E-state index contributed by atoms with van der Waals surface area (Å²) in [6.07, 6.45) is 1.19. The molecule has 0 radical (unpaired) electrons. The second kappa shape index (κ2) is 6.32. The molecule has 0 atom stereocenters. The quantitative estimate of drug-likeness (QED) is 0.438. The van der Waals surface area contributed by atoms with E-state index in [0.717, 1.165) is 22.1 Å². The molecule has 0 amide bonds. The highest BCUT2D eigenvalue weighted by Crippen LogP contribution is 2.28. The van der Waals surface area contributed by atoms with Gasteiger partial charge in [0.2, 0.25) is 5.65 Å². The molecular formula is C18H15N5O3. The molecule has 8 nitrogen and oxygen atoms in total. The molecule has 0 fully saturated rings. The number of ether oxygens (including phenoxy) is 1. The number of hydrogen-bond acceptors (Lipinski definition) is 6. The minimum atomic E-state index is -0.509. The van der Waals surface area contributed by atoms with Crippen LogP contribution in [-0.2, 0) is 6.54 Å². The van der Waals surface area contributed by atoms with Gasteiger partial charge in [0, 0.05) is 18.2 Å². The van der Waals surface area contributed by atoms with Crippen molar-refractivity contribution in [2.75, 3.05) is 12.4 Å². The summed E-state index contributed by atoms with van der Waals surface area (Å²) >= 11 is 0. The molecule has 0 saturated heterocycles. The fourth-order valence-corrected chi connectivity index (χ4v) is 2.95. The minimum Gasteiger partial charge on any atom is -0.496 e. The largest absolute Gasteiger partial charge is 0.496 e. The number of nitrogens with one attached hydrogen (secondary N) is 1. The molecule has 0 saturated carbocycles. The Morgan fingerprint density at radius 3 is 2.85 bits per heavy atom. The van der Waals surface area contributed by atoms with Crippen LogP contribution in [0.25, 0.3) is 16.4 Å². The van der Waals surface area contributed by atoms with E-state index in [1.165, 1.54) is 10.7 Å². The highest BCUT2D eigenvalue weighted by molar-refractivity contribution is 5.88. The zero-order valence-corrected chi connectivity index (χ0v) is 13.9. The highest BCUT2D eigenvalue weighted by Gasteiger charge is 2.16. The maximum Gasteiger partial charge on any atom is 0.368 e. The van der Waals surface area contributed by atoms with Crippen molar-refractivity contribution >= 4 is 28.1 Å². The second-order valence-corrected chi connectivity index (χ2v) is 5.68. The Bertz CT molecular complexity index is 1120. The van der Waals surface area contributed by atoms with Gasteiger partial charge in [-0.15, -0.1) is 0 Å². The standard InChI is InChI=1S/C18H15N5O3/c1-26-15-7-6-12-4-2-3-5-13(12)14(15)10-19-16-8-9-17-20-11-18(23(24)25)22(17)21-16/h2-9,11H,10H2,1H3,(H,19,21). The number of nitrogens with zero attached hydrogens (tertiary/aromatic N) is 4. The number of nitro groups is 1. The van der Waals surface area contributed by atoms with Gasteiger partial charge < -0.3 is 20.2 Å². The lowest BCUT2D eigenvalue weighted by molar-refractivity contribution is -0.391. The molecule has 0 aliphatic rings. The summed E-state index contributed by atoms with van der Waals surface area (Å²) in [7, 11) is 1.63. The first kappa shape index (κ1) is 15.8. The smallest absolute Gasteiger partial charge is 0.368 e. The van der Waals surface area contributed by atoms with Crippen molar-refractivity contribution in [2.45, 2.75) is 6.54 Å². The zero-order valence-electron chi connectivity index (χ0n) is 13.9. The van der Waals surface area contributed by atoms with E-state index in [1.807, 2.05) is 36.4 Å². The van der Waals surface area contributed by atoms with Crippen LogP contribution in [0.15, 0.2) is 54.7 Å². The van der Waals surface area contributed by atoms with E-state index in [-0.39, 0.29) is 5.82 Å². The van der Waals surface area contributed by atoms with Gasteiger partial charge in [-0.3, -0.25) is 0 Å². The fraction of sp³-hybridized carbons (Fsp3) is 0.111. The number of fused-ring (bicyclic) bond motifs is 2. The Hall–Kier alpha value is -3.68. The average Bonchev–Trinajstić information content (AvgIpc) is 3.09. The third kappa shape index (κ3) is 2.67. The van der Waals surface area contributed by atoms with E-state index >= 15 is 0 Å². The van der Waals surface area contributed by atoms with Crippen molar-refractivity contribution in [1.29, 1.82) is 0 Å². The van der Waals surface area contributed by atoms with Gasteiger partial charge >= 0.3 is 5.82 Å². The normalized spacial score (nSPS) is 11.0. The van der Waals surface area contributed by atoms with Crippen LogP contribution in [-0.4, -0.2) is 26.6 Å². The molecule has 0 aliphatic heterocycles. The first-order valence-electron chi connectivity index (χ1n) is 7.95. The van der Waals surface area contributed by atoms with Crippen LogP contribution < -0.4 is 10.1 Å². The summed E-state index contributed by atoms with van der Waals surface area (Å²) in [5.74, 6) is 1.10. The van der Waals surface area contributed by atoms with Crippen molar-refractivity contribution in [3.8, 4) is 5.75 Å². The van der Waals surface area contributed by atoms with Crippen LogP contribution in [0.1, 0.15) is 5.56 Å². The molecule has 0 bridgehead atoms. The maximum absolute atomic E-state index is 11.1. The number of hydrogen-bond donors (Lipinski definition) is 1. The van der Waals surface area contributed by atoms with E-state index in [0.29, 0.717) is 18.0 Å². The summed E-state index contributed by atoms with van der Waals surface area (Å²) < 4.78 is 6.70. The lowest BCUT2D eigenvalue weighted by Gasteiger charge is -2.13. The van der Waals surface area contributed by atoms with Crippen LogP contribution in [0.5, 0.6) is 5.75 Å². The summed E-state index contributed by atoms with van der Waals surface area (Å²) in [4.78, 5) is 14.5. The van der Waals surface area contributed by atoms with Gasteiger partial charge in [0.15, 0.2) is 5.82 Å². The van der Waals surface area contributed by atoms with Crippen LogP contribution >= 0.6 is 0 Å². The van der Waals surface area contributed by atoms with E-state index in [9.17, 15) is 10.1 Å². The second-order valence-electron chi connectivity index (χ2n) is 5.68. The summed E-state index contributed by atoms with van der Waals surface area (Å²) in [5, 5.41) is 20.7. The molecule has 8 heteroatoms. The number of aromatic nitrogens is 3. The number of methoxy groups -OCH3 is 1. The number of imidazole rings is 1. The fourth-order valence-electron chi connectivity index (χ4n) is 2.95. The number of benzene rings is 2. The number of anilines is 1. The van der Waals surface area contributed by atoms with Crippen molar-refractivity contribution in [2.24, 2.45) is 0 Å². The molecule has 2 aromatic heterocycles. The first-order valence-corrected chi connectivity index (χ1v) is 7.95. The van der Waals surface area contributed by atoms with Gasteiger partial charge in [-0.2, -0.15) is 0 Å². The van der Waals surface area contributed by atoms with Gasteiger partial charge in [-0.25, -0.2) is 4.98 Å². The Labute approximate surface area is 148 Å². The topological polar surface area (TPSA) is 94.6 Å². The Morgan fingerprint density at radius 1 is 1.19 bits per heavy atom. The Morgan fingerprint density at radius 2 is 2.04 bits per heavy atom. The van der Waals surface area contributed by atoms with Gasteiger partial charge in [-0.05, 0) is 27.8 Å². The minimum absolute atomic E-state index is 0.175. The molecule has 130 valence electrons. The predicted molar refractivity (Wildman–Crippen MR) is 97.5 cm³/mol. The molecule has 4 rings (SSSR count). The highest BCUT2D eigenvalue weighted by atomic mass is 16.6. The van der Waals surface area contributed by atoms with E-state index in [4.69, 9.17) is 4.74 Å². The van der Waals surface area contributed by atoms with Gasteiger partial charge in [0.05, 0.1) is 7.11 Å². The van der Waals surface area contributed by atoms with Crippen molar-refractivity contribution in [3.63, 3.8) is 0 Å². The van der Waals surface area contributed by atoms with Crippen LogP contribution in [0, 0.1) is 10.1 Å². The molecule has 2 aromatic carbocycles. The van der Waals surface area contributed by atoms with Crippen molar-refractivity contribution in [3.05, 3.63) is 70.4 Å². The van der Waals surface area contributed by atoms with Gasteiger partial charge in [-0.1, -0.05) is 39.9 Å². The SMILES string of the molecule is COc1ccc2ccccc2c1CNc1ccc2ncc([N+](=O)[O-])n2n1. The van der Waals surface area contributed by atoms with Crippen LogP contribution in [0.3, 0.4) is 0 Å². The molecule has 26 heavy (non-hydrogen) atoms. The van der Waals surface area contributed by atoms with E-state index < -0.39 is 4.92 Å². The predicted octanol–water partition coefficient (Wildman–Crippen LogP) is 3.41. The molecule has 0 unspecified atom stereocenters. The monoisotopic (exact) mass is 349 g/mol. The van der Waals surface area contributed by atoms with Crippen molar-refractivity contribution < 1.29 is 9.66 Å². The third-order valence-corrected chi connectivity index (χ3v) is 4.20.